The van der Waals surface area contributed by atoms with Gasteiger partial charge in [0.05, 0.1) is 18.8 Å². The number of primary amides is 1. The normalized spacial score (nSPS) is 34.4. The Morgan fingerprint density at radius 3 is 2.57 bits per heavy atom. The molecule has 1 rings (SSSR count). The number of amides is 1. The van der Waals surface area contributed by atoms with Crippen molar-refractivity contribution < 1.29 is 20.1 Å². The Morgan fingerprint density at radius 2 is 2.07 bits per heavy atom. The second-order valence-electron chi connectivity index (χ2n) is 3.66. The van der Waals surface area contributed by atoms with Crippen molar-refractivity contribution in [3.63, 3.8) is 0 Å². The van der Waals surface area contributed by atoms with Crippen LogP contribution < -0.4 is 5.73 Å². The molecule has 6 heteroatoms. The molecule has 1 fully saturated rings. The van der Waals surface area contributed by atoms with Gasteiger partial charge in [0.2, 0.25) is 5.91 Å². The molecule has 0 spiro atoms. The lowest BCUT2D eigenvalue weighted by Crippen LogP contribution is -2.55. The van der Waals surface area contributed by atoms with E-state index in [4.69, 9.17) is 10.8 Å². The lowest BCUT2D eigenvalue weighted by Gasteiger charge is -2.37. The summed E-state index contributed by atoms with van der Waals surface area (Å²) in [6.07, 6.45) is -1.86. The molecule has 0 radical (unpaired) electrons. The van der Waals surface area contributed by atoms with Gasteiger partial charge in [-0.2, -0.15) is 0 Å². The van der Waals surface area contributed by atoms with Crippen LogP contribution in [0.5, 0.6) is 0 Å². The van der Waals surface area contributed by atoms with Crippen molar-refractivity contribution in [3.05, 3.63) is 0 Å². The average Bonchev–Trinajstić information content (AvgIpc) is 2.10. The zero-order valence-corrected chi connectivity index (χ0v) is 7.83. The van der Waals surface area contributed by atoms with Crippen LogP contribution in [0.25, 0.3) is 0 Å². The first-order valence-corrected chi connectivity index (χ1v) is 4.52. The van der Waals surface area contributed by atoms with Gasteiger partial charge >= 0.3 is 0 Å². The second kappa shape index (κ2) is 4.70. The van der Waals surface area contributed by atoms with Gasteiger partial charge in [0.15, 0.2) is 0 Å². The molecule has 0 unspecified atom stereocenters. The summed E-state index contributed by atoms with van der Waals surface area (Å²) in [5, 5.41) is 27.8. The van der Waals surface area contributed by atoms with Crippen LogP contribution in [0.4, 0.5) is 0 Å². The van der Waals surface area contributed by atoms with Gasteiger partial charge in [-0.1, -0.05) is 0 Å². The van der Waals surface area contributed by atoms with Crippen molar-refractivity contribution in [3.8, 4) is 0 Å². The summed E-state index contributed by atoms with van der Waals surface area (Å²) in [7, 11) is 0. The van der Waals surface area contributed by atoms with Crippen molar-refractivity contribution in [2.45, 2.75) is 12.2 Å². The largest absolute Gasteiger partial charge is 0.396 e. The van der Waals surface area contributed by atoms with Crippen molar-refractivity contribution in [2.24, 2.45) is 11.7 Å². The highest BCUT2D eigenvalue weighted by Crippen LogP contribution is 2.16. The topological polar surface area (TPSA) is 107 Å². The summed E-state index contributed by atoms with van der Waals surface area (Å²) in [6.45, 7) is 0.409. The minimum absolute atomic E-state index is 0.0419. The summed E-state index contributed by atoms with van der Waals surface area (Å²) < 4.78 is 0. The minimum Gasteiger partial charge on any atom is -0.396 e. The molecule has 1 heterocycles. The number of likely N-dealkylation sites (tertiary alicyclic amines) is 1. The number of aliphatic hydroxyl groups excluding tert-OH is 3. The average molecular weight is 204 g/mol. The van der Waals surface area contributed by atoms with E-state index in [1.165, 1.54) is 0 Å². The van der Waals surface area contributed by atoms with Gasteiger partial charge in [-0.15, -0.1) is 0 Å². The van der Waals surface area contributed by atoms with Crippen LogP contribution >= 0.6 is 0 Å². The highest BCUT2D eigenvalue weighted by molar-refractivity contribution is 5.75. The molecule has 0 aromatic rings. The van der Waals surface area contributed by atoms with Gasteiger partial charge in [0.1, 0.15) is 0 Å². The Labute approximate surface area is 81.9 Å². The molecular formula is C8H16N2O4. The number of piperidine rings is 1. The van der Waals surface area contributed by atoms with Crippen molar-refractivity contribution in [1.82, 2.24) is 4.90 Å². The van der Waals surface area contributed by atoms with Crippen LogP contribution in [-0.2, 0) is 4.79 Å². The quantitative estimate of drug-likeness (QED) is 0.395. The number of β-amino-alcohol motifs (C(OH)–C–C–N with tert-alkyl or cyclic N) is 1. The van der Waals surface area contributed by atoms with Gasteiger partial charge in [-0.3, -0.25) is 9.69 Å². The van der Waals surface area contributed by atoms with Gasteiger partial charge < -0.3 is 21.1 Å². The maximum Gasteiger partial charge on any atom is 0.231 e. The van der Waals surface area contributed by atoms with Crippen LogP contribution in [-0.4, -0.2) is 64.6 Å². The van der Waals surface area contributed by atoms with E-state index in [2.05, 4.69) is 0 Å². The summed E-state index contributed by atoms with van der Waals surface area (Å²) in [5.74, 6) is -0.900. The fourth-order valence-corrected chi connectivity index (χ4v) is 1.72. The van der Waals surface area contributed by atoms with E-state index in [1.807, 2.05) is 0 Å². The summed E-state index contributed by atoms with van der Waals surface area (Å²) in [5.41, 5.74) is 5.00. The van der Waals surface area contributed by atoms with Crippen molar-refractivity contribution >= 4 is 5.91 Å². The smallest absolute Gasteiger partial charge is 0.231 e. The number of nitrogens with two attached hydrogens (primary N) is 1. The van der Waals surface area contributed by atoms with Crippen LogP contribution in [0.2, 0.25) is 0 Å². The maximum atomic E-state index is 10.6. The number of hydrogen-bond donors (Lipinski definition) is 4. The fourth-order valence-electron chi connectivity index (χ4n) is 1.72. The summed E-state index contributed by atoms with van der Waals surface area (Å²) in [6, 6.07) is 0. The molecular weight excluding hydrogens is 188 g/mol. The number of rotatable bonds is 3. The lowest BCUT2D eigenvalue weighted by molar-refractivity contribution is -0.124. The van der Waals surface area contributed by atoms with E-state index < -0.39 is 24.0 Å². The Balaban J connectivity index is 2.53. The van der Waals surface area contributed by atoms with Crippen LogP contribution in [0.3, 0.4) is 0 Å². The van der Waals surface area contributed by atoms with Gasteiger partial charge in [-0.25, -0.2) is 0 Å². The Bertz CT molecular complexity index is 212. The third kappa shape index (κ3) is 2.65. The summed E-state index contributed by atoms with van der Waals surface area (Å²) >= 11 is 0. The van der Waals surface area contributed by atoms with Crippen molar-refractivity contribution in [1.29, 1.82) is 0 Å². The Morgan fingerprint density at radius 1 is 1.43 bits per heavy atom. The number of carbonyl (C=O) groups is 1. The number of aliphatic hydroxyl groups is 3. The first-order valence-electron chi connectivity index (χ1n) is 4.52. The summed E-state index contributed by atoms with van der Waals surface area (Å²) in [4.78, 5) is 12.3. The van der Waals surface area contributed by atoms with E-state index in [0.29, 0.717) is 6.54 Å². The molecule has 1 amide bonds. The van der Waals surface area contributed by atoms with E-state index in [9.17, 15) is 15.0 Å². The number of carbonyl (C=O) groups excluding carboxylic acids is 1. The predicted octanol–water partition coefficient (Wildman–Crippen LogP) is -2.88. The number of nitrogens with zero attached hydrogens (tertiary/aromatic N) is 1. The minimum atomic E-state index is -0.930. The SMILES string of the molecule is NC(=O)CN1C[C@@H](CO)[C@H](O)[C@@H](O)C1. The van der Waals surface area contributed by atoms with E-state index >= 15 is 0 Å². The van der Waals surface area contributed by atoms with E-state index in [-0.39, 0.29) is 19.7 Å². The molecule has 1 aliphatic heterocycles. The van der Waals surface area contributed by atoms with E-state index in [1.54, 1.807) is 4.90 Å². The molecule has 0 saturated carbocycles. The zero-order valence-electron chi connectivity index (χ0n) is 7.83. The third-order valence-corrected chi connectivity index (χ3v) is 2.43. The second-order valence-corrected chi connectivity index (χ2v) is 3.66. The van der Waals surface area contributed by atoms with Crippen LogP contribution in [0.1, 0.15) is 0 Å². The molecule has 1 saturated heterocycles. The van der Waals surface area contributed by atoms with E-state index in [0.717, 1.165) is 0 Å². The van der Waals surface area contributed by atoms with Crippen LogP contribution in [0, 0.1) is 5.92 Å². The van der Waals surface area contributed by atoms with Gasteiger partial charge in [0, 0.05) is 25.6 Å². The van der Waals surface area contributed by atoms with Crippen molar-refractivity contribution in [2.75, 3.05) is 26.2 Å². The number of hydrogen-bond acceptors (Lipinski definition) is 5. The standard InChI is InChI=1S/C8H16N2O4/c9-7(13)3-10-1-5(4-11)8(14)6(12)2-10/h5-6,8,11-12,14H,1-4H2,(H2,9,13)/t5-,6-,8-/m0/s1. The molecule has 0 aliphatic carbocycles. The maximum absolute atomic E-state index is 10.6. The molecule has 14 heavy (non-hydrogen) atoms. The Kier molecular flexibility index (Phi) is 3.82. The van der Waals surface area contributed by atoms with Crippen LogP contribution in [0.15, 0.2) is 0 Å². The molecule has 0 bridgehead atoms. The monoisotopic (exact) mass is 204 g/mol. The lowest BCUT2D eigenvalue weighted by atomic mass is 9.93. The molecule has 3 atom stereocenters. The molecule has 82 valence electrons. The molecule has 0 aromatic heterocycles. The first-order chi connectivity index (χ1) is 6.54. The molecule has 1 aliphatic rings. The molecule has 5 N–H and O–H groups in total. The van der Waals surface area contributed by atoms with Gasteiger partial charge in [-0.05, 0) is 0 Å². The first kappa shape index (κ1) is 11.4. The highest BCUT2D eigenvalue weighted by atomic mass is 16.3. The third-order valence-electron chi connectivity index (χ3n) is 2.43. The molecule has 6 nitrogen and oxygen atoms in total. The van der Waals surface area contributed by atoms with Gasteiger partial charge in [0.25, 0.3) is 0 Å². The highest BCUT2D eigenvalue weighted by Gasteiger charge is 2.34. The predicted molar refractivity (Wildman–Crippen MR) is 48.2 cm³/mol. The Hall–Kier alpha value is -0.690. The molecule has 0 aromatic carbocycles. The zero-order chi connectivity index (χ0) is 10.7. The fraction of sp³-hybridized carbons (Fsp3) is 0.875.